The Bertz CT molecular complexity index is 1750. The highest BCUT2D eigenvalue weighted by Gasteiger charge is 2.25. The van der Waals surface area contributed by atoms with Gasteiger partial charge in [0.15, 0.2) is 17.0 Å². The number of piperazine rings is 1. The Morgan fingerprint density at radius 2 is 1.66 bits per heavy atom. The number of nitro benzene ring substituents is 1. The highest BCUT2D eigenvalue weighted by Crippen LogP contribution is 2.25. The van der Waals surface area contributed by atoms with Gasteiger partial charge in [0.2, 0.25) is 5.95 Å². The lowest BCUT2D eigenvalue weighted by Crippen LogP contribution is -2.49. The molecule has 0 spiro atoms. The van der Waals surface area contributed by atoms with Gasteiger partial charge in [0, 0.05) is 50.4 Å². The average Bonchev–Trinajstić information content (AvgIpc) is 3.47. The lowest BCUT2D eigenvalue weighted by atomic mass is 10.1. The predicted octanol–water partition coefficient (Wildman–Crippen LogP) is 4.41. The fraction of sp³-hybridized carbons (Fsp3) is 0.250. The standard InChI is InChI=1S/C32H32N8O4/c1-44-27-13-9-25(10-14-27)31(41)37-17-19-38(20-18-37)32-35-29(33-16-15-23-5-3-2-4-6-23)28-30(36-32)39(22-34-28)21-24-7-11-26(12-8-24)40(42)43/h2-14,22H,15-21H2,1H3,(H,33,35,36). The van der Waals surface area contributed by atoms with Gasteiger partial charge >= 0.3 is 0 Å². The number of nitro groups is 1. The number of aromatic nitrogens is 4. The molecular formula is C32H32N8O4. The van der Waals surface area contributed by atoms with E-state index in [9.17, 15) is 14.9 Å². The van der Waals surface area contributed by atoms with Crippen LogP contribution in [0.5, 0.6) is 5.75 Å². The normalized spacial score (nSPS) is 13.2. The molecule has 5 aromatic rings. The number of rotatable bonds is 10. The second kappa shape index (κ2) is 12.8. The van der Waals surface area contributed by atoms with Crippen LogP contribution in [0.3, 0.4) is 0 Å². The van der Waals surface area contributed by atoms with E-state index in [0.29, 0.717) is 73.5 Å². The van der Waals surface area contributed by atoms with Crippen molar-refractivity contribution in [3.8, 4) is 5.75 Å². The molecule has 44 heavy (non-hydrogen) atoms. The molecule has 0 unspecified atom stereocenters. The summed E-state index contributed by atoms with van der Waals surface area (Å²) in [4.78, 5) is 42.2. The molecular weight excluding hydrogens is 560 g/mol. The minimum atomic E-state index is -0.409. The van der Waals surface area contributed by atoms with Crippen LogP contribution in [0, 0.1) is 10.1 Å². The number of hydrogen-bond donors (Lipinski definition) is 1. The molecule has 3 heterocycles. The summed E-state index contributed by atoms with van der Waals surface area (Å²) >= 11 is 0. The van der Waals surface area contributed by atoms with E-state index in [1.165, 1.54) is 17.7 Å². The molecule has 1 aliphatic heterocycles. The van der Waals surface area contributed by atoms with Gasteiger partial charge in [0.25, 0.3) is 11.6 Å². The molecule has 1 saturated heterocycles. The highest BCUT2D eigenvalue weighted by atomic mass is 16.6. The lowest BCUT2D eigenvalue weighted by molar-refractivity contribution is -0.384. The van der Waals surface area contributed by atoms with E-state index in [-0.39, 0.29) is 11.6 Å². The van der Waals surface area contributed by atoms with Crippen molar-refractivity contribution in [1.29, 1.82) is 0 Å². The van der Waals surface area contributed by atoms with Crippen LogP contribution in [0.15, 0.2) is 85.2 Å². The Labute approximate surface area is 254 Å². The van der Waals surface area contributed by atoms with E-state index in [2.05, 4.69) is 27.3 Å². The van der Waals surface area contributed by atoms with Gasteiger partial charge in [0.1, 0.15) is 5.75 Å². The average molecular weight is 593 g/mol. The van der Waals surface area contributed by atoms with Crippen molar-refractivity contribution in [2.75, 3.05) is 50.1 Å². The third-order valence-corrected chi connectivity index (χ3v) is 7.69. The second-order valence-electron chi connectivity index (χ2n) is 10.5. The number of nitrogens with zero attached hydrogens (tertiary/aromatic N) is 7. The van der Waals surface area contributed by atoms with Gasteiger partial charge in [-0.25, -0.2) is 4.98 Å². The number of carbonyl (C=O) groups is 1. The Balaban J connectivity index is 1.23. The van der Waals surface area contributed by atoms with Crippen LogP contribution in [-0.2, 0) is 13.0 Å². The Kier molecular flexibility index (Phi) is 8.30. The van der Waals surface area contributed by atoms with Crippen LogP contribution >= 0.6 is 0 Å². The van der Waals surface area contributed by atoms with E-state index in [4.69, 9.17) is 14.7 Å². The molecule has 6 rings (SSSR count). The maximum absolute atomic E-state index is 13.1. The largest absolute Gasteiger partial charge is 0.497 e. The third kappa shape index (κ3) is 6.28. The zero-order valence-electron chi connectivity index (χ0n) is 24.3. The Hall–Kier alpha value is -5.52. The zero-order valence-corrected chi connectivity index (χ0v) is 24.3. The summed E-state index contributed by atoms with van der Waals surface area (Å²) in [5.41, 5.74) is 4.08. The summed E-state index contributed by atoms with van der Waals surface area (Å²) < 4.78 is 7.14. The lowest BCUT2D eigenvalue weighted by Gasteiger charge is -2.35. The molecule has 1 fully saturated rings. The Morgan fingerprint density at radius 1 is 0.932 bits per heavy atom. The topological polar surface area (TPSA) is 132 Å². The molecule has 1 N–H and O–H groups in total. The van der Waals surface area contributed by atoms with Crippen LogP contribution in [-0.4, -0.2) is 75.1 Å². The fourth-order valence-electron chi connectivity index (χ4n) is 5.23. The fourth-order valence-corrected chi connectivity index (χ4v) is 5.23. The molecule has 2 aromatic heterocycles. The number of fused-ring (bicyclic) bond motifs is 1. The molecule has 3 aromatic carbocycles. The van der Waals surface area contributed by atoms with Crippen molar-refractivity contribution in [2.24, 2.45) is 0 Å². The molecule has 0 aliphatic carbocycles. The summed E-state index contributed by atoms with van der Waals surface area (Å²) in [5, 5.41) is 14.6. The summed E-state index contributed by atoms with van der Waals surface area (Å²) in [6.07, 6.45) is 2.54. The molecule has 12 nitrogen and oxygen atoms in total. The first-order chi connectivity index (χ1) is 21.5. The number of amides is 1. The molecule has 1 aliphatic rings. The van der Waals surface area contributed by atoms with Crippen LogP contribution in [0.1, 0.15) is 21.5 Å². The molecule has 224 valence electrons. The van der Waals surface area contributed by atoms with Crippen molar-refractivity contribution in [3.05, 3.63) is 112 Å². The zero-order chi connectivity index (χ0) is 30.5. The monoisotopic (exact) mass is 592 g/mol. The van der Waals surface area contributed by atoms with Gasteiger partial charge in [-0.05, 0) is 41.8 Å². The smallest absolute Gasteiger partial charge is 0.269 e. The first-order valence-electron chi connectivity index (χ1n) is 14.4. The first-order valence-corrected chi connectivity index (χ1v) is 14.4. The molecule has 12 heteroatoms. The summed E-state index contributed by atoms with van der Waals surface area (Å²) in [5.74, 6) is 1.88. The third-order valence-electron chi connectivity index (χ3n) is 7.69. The van der Waals surface area contributed by atoms with Crippen molar-refractivity contribution in [3.63, 3.8) is 0 Å². The number of imidazole rings is 1. The molecule has 0 radical (unpaired) electrons. The second-order valence-corrected chi connectivity index (χ2v) is 10.5. The van der Waals surface area contributed by atoms with Crippen LogP contribution in [0.4, 0.5) is 17.5 Å². The molecule has 0 bridgehead atoms. The number of benzene rings is 3. The van der Waals surface area contributed by atoms with E-state index in [1.807, 2.05) is 27.7 Å². The first kappa shape index (κ1) is 28.6. The number of non-ortho nitro benzene ring substituents is 1. The summed E-state index contributed by atoms with van der Waals surface area (Å²) in [7, 11) is 1.60. The van der Waals surface area contributed by atoms with Crippen molar-refractivity contribution >= 4 is 34.5 Å². The van der Waals surface area contributed by atoms with Crippen molar-refractivity contribution in [1.82, 2.24) is 24.4 Å². The number of hydrogen-bond acceptors (Lipinski definition) is 9. The molecule has 0 atom stereocenters. The van der Waals surface area contributed by atoms with E-state index in [0.717, 1.165) is 12.0 Å². The number of ether oxygens (including phenoxy) is 1. The van der Waals surface area contributed by atoms with Crippen LogP contribution in [0.25, 0.3) is 11.2 Å². The highest BCUT2D eigenvalue weighted by molar-refractivity contribution is 5.94. The van der Waals surface area contributed by atoms with Gasteiger partial charge in [0.05, 0.1) is 24.9 Å². The van der Waals surface area contributed by atoms with Gasteiger partial charge in [-0.15, -0.1) is 0 Å². The van der Waals surface area contributed by atoms with E-state index >= 15 is 0 Å². The van der Waals surface area contributed by atoms with Crippen LogP contribution < -0.4 is 15.0 Å². The summed E-state index contributed by atoms with van der Waals surface area (Å²) in [6.45, 7) is 3.32. The minimum absolute atomic E-state index is 0.0203. The van der Waals surface area contributed by atoms with Gasteiger partial charge < -0.3 is 24.4 Å². The molecule has 1 amide bonds. The Morgan fingerprint density at radius 3 is 2.34 bits per heavy atom. The van der Waals surface area contributed by atoms with Crippen molar-refractivity contribution in [2.45, 2.75) is 13.0 Å². The van der Waals surface area contributed by atoms with Gasteiger partial charge in [-0.3, -0.25) is 14.9 Å². The van der Waals surface area contributed by atoms with Crippen LogP contribution in [0.2, 0.25) is 0 Å². The maximum Gasteiger partial charge on any atom is 0.269 e. The van der Waals surface area contributed by atoms with Gasteiger partial charge in [-0.2, -0.15) is 9.97 Å². The van der Waals surface area contributed by atoms with E-state index < -0.39 is 4.92 Å². The van der Waals surface area contributed by atoms with Gasteiger partial charge in [-0.1, -0.05) is 42.5 Å². The number of carbonyl (C=O) groups excluding carboxylic acids is 1. The van der Waals surface area contributed by atoms with Crippen molar-refractivity contribution < 1.29 is 14.5 Å². The number of nitrogens with one attached hydrogen (secondary N) is 1. The summed E-state index contributed by atoms with van der Waals surface area (Å²) in [6, 6.07) is 23.8. The maximum atomic E-state index is 13.1. The quantitative estimate of drug-likeness (QED) is 0.185. The minimum Gasteiger partial charge on any atom is -0.497 e. The number of anilines is 2. The van der Waals surface area contributed by atoms with E-state index in [1.54, 1.807) is 49.8 Å². The SMILES string of the molecule is COc1ccc(C(=O)N2CCN(c3nc(NCCc4ccccc4)c4ncn(Cc5ccc([N+](=O)[O-])cc5)c4n3)CC2)cc1. The molecule has 0 saturated carbocycles. The number of methoxy groups -OCH3 is 1. The predicted molar refractivity (Wildman–Crippen MR) is 167 cm³/mol.